The van der Waals surface area contributed by atoms with Crippen LogP contribution in [0.2, 0.25) is 0 Å². The van der Waals surface area contributed by atoms with Crippen molar-refractivity contribution < 1.29 is 0 Å². The predicted molar refractivity (Wildman–Crippen MR) is 70.9 cm³/mol. The molecule has 0 saturated carbocycles. The van der Waals surface area contributed by atoms with Crippen molar-refractivity contribution in [3.63, 3.8) is 0 Å². The van der Waals surface area contributed by atoms with E-state index in [0.29, 0.717) is 16.7 Å². The van der Waals surface area contributed by atoms with Gasteiger partial charge >= 0.3 is 0 Å². The van der Waals surface area contributed by atoms with Crippen LogP contribution < -0.4 is 11.3 Å². The Morgan fingerprint density at radius 1 is 1.41 bits per heavy atom. The average molecular weight is 294 g/mol. The first-order valence-corrected chi connectivity index (χ1v) is 5.91. The third kappa shape index (κ3) is 2.74. The van der Waals surface area contributed by atoms with E-state index in [4.69, 9.17) is 5.73 Å². The van der Waals surface area contributed by atoms with E-state index >= 15 is 0 Å². The van der Waals surface area contributed by atoms with Gasteiger partial charge in [0.2, 0.25) is 0 Å². The lowest BCUT2D eigenvalue weighted by atomic mass is 10.2. The molecule has 0 spiro atoms. The summed E-state index contributed by atoms with van der Waals surface area (Å²) >= 11 is 3.20. The Balaban J connectivity index is 2.40. The van der Waals surface area contributed by atoms with E-state index in [-0.39, 0.29) is 5.56 Å². The molecule has 0 aliphatic rings. The Labute approximate surface area is 107 Å². The zero-order valence-electron chi connectivity index (χ0n) is 9.35. The number of nitrogens with two attached hydrogens (primary N) is 1. The molecule has 0 aromatic carbocycles. The molecule has 17 heavy (non-hydrogen) atoms. The Bertz CT molecular complexity index is 607. The van der Waals surface area contributed by atoms with E-state index in [1.54, 1.807) is 29.2 Å². The molecule has 2 aromatic heterocycles. The summed E-state index contributed by atoms with van der Waals surface area (Å²) in [5, 5.41) is 0. The van der Waals surface area contributed by atoms with Crippen molar-refractivity contribution >= 4 is 21.6 Å². The van der Waals surface area contributed by atoms with Crippen molar-refractivity contribution in [1.82, 2.24) is 9.55 Å². The predicted octanol–water partition coefficient (Wildman–Crippen LogP) is 1.94. The summed E-state index contributed by atoms with van der Waals surface area (Å²) < 4.78 is 2.04. The molecule has 0 fully saturated rings. The molecular weight excluding hydrogens is 282 g/mol. The summed E-state index contributed by atoms with van der Waals surface area (Å²) in [6.07, 6.45) is 5.16. The fourth-order valence-corrected chi connectivity index (χ4v) is 2.13. The van der Waals surface area contributed by atoms with E-state index in [9.17, 15) is 4.79 Å². The van der Waals surface area contributed by atoms with Crippen molar-refractivity contribution in [2.24, 2.45) is 0 Å². The summed E-state index contributed by atoms with van der Waals surface area (Å²) in [5.41, 5.74) is 8.21. The van der Waals surface area contributed by atoms with Gasteiger partial charge in [-0.15, -0.1) is 0 Å². The van der Waals surface area contributed by atoms with Crippen LogP contribution in [0.15, 0.2) is 40.0 Å². The van der Waals surface area contributed by atoms with Gasteiger partial charge in [0.25, 0.3) is 5.56 Å². The van der Waals surface area contributed by atoms with Crippen LogP contribution in [0.5, 0.6) is 0 Å². The Hall–Kier alpha value is -1.62. The normalized spacial score (nSPS) is 10.5. The van der Waals surface area contributed by atoms with Crippen LogP contribution in [0.1, 0.15) is 11.1 Å². The van der Waals surface area contributed by atoms with E-state index in [1.807, 2.05) is 13.0 Å². The molecule has 0 aliphatic heterocycles. The quantitative estimate of drug-likeness (QED) is 0.921. The lowest BCUT2D eigenvalue weighted by molar-refractivity contribution is 0.753. The number of hydrogen-bond acceptors (Lipinski definition) is 3. The summed E-state index contributed by atoms with van der Waals surface area (Å²) in [7, 11) is 0. The molecule has 2 aromatic rings. The molecule has 4 nitrogen and oxygen atoms in total. The van der Waals surface area contributed by atoms with Crippen molar-refractivity contribution in [2.75, 3.05) is 5.73 Å². The number of rotatable bonds is 2. The third-order valence-corrected chi connectivity index (χ3v) is 2.92. The molecule has 2 N–H and O–H groups in total. The van der Waals surface area contributed by atoms with Gasteiger partial charge in [0, 0.05) is 24.3 Å². The molecule has 0 radical (unpaired) electrons. The van der Waals surface area contributed by atoms with Gasteiger partial charge < -0.3 is 10.3 Å². The van der Waals surface area contributed by atoms with Gasteiger partial charge in [0.15, 0.2) is 0 Å². The maximum absolute atomic E-state index is 11.9. The average Bonchev–Trinajstić information content (AvgIpc) is 2.25. The molecule has 88 valence electrons. The van der Waals surface area contributed by atoms with Crippen LogP contribution >= 0.6 is 15.9 Å². The van der Waals surface area contributed by atoms with Crippen molar-refractivity contribution in [1.29, 1.82) is 0 Å². The first-order chi connectivity index (χ1) is 8.06. The third-order valence-electron chi connectivity index (χ3n) is 2.35. The highest BCUT2D eigenvalue weighted by molar-refractivity contribution is 9.10. The minimum Gasteiger partial charge on any atom is -0.398 e. The van der Waals surface area contributed by atoms with Gasteiger partial charge in [-0.3, -0.25) is 9.78 Å². The number of halogens is 1. The molecule has 0 bridgehead atoms. The minimum absolute atomic E-state index is 0.0966. The van der Waals surface area contributed by atoms with E-state index in [0.717, 1.165) is 11.1 Å². The Morgan fingerprint density at radius 2 is 2.18 bits per heavy atom. The Morgan fingerprint density at radius 3 is 2.88 bits per heavy atom. The summed E-state index contributed by atoms with van der Waals surface area (Å²) in [4.78, 5) is 15.9. The van der Waals surface area contributed by atoms with E-state index < -0.39 is 0 Å². The first-order valence-electron chi connectivity index (χ1n) is 5.12. The van der Waals surface area contributed by atoms with E-state index in [2.05, 4.69) is 20.9 Å². The van der Waals surface area contributed by atoms with Crippen LogP contribution in [-0.2, 0) is 6.54 Å². The van der Waals surface area contributed by atoms with Gasteiger partial charge in [-0.1, -0.05) is 6.07 Å². The Kier molecular flexibility index (Phi) is 3.28. The topological polar surface area (TPSA) is 60.9 Å². The molecule has 5 heteroatoms. The molecular formula is C12H12BrN3O. The van der Waals surface area contributed by atoms with Crippen molar-refractivity contribution in [3.05, 3.63) is 56.7 Å². The fraction of sp³-hybridized carbons (Fsp3) is 0.167. The summed E-state index contributed by atoms with van der Waals surface area (Å²) in [6, 6.07) is 3.60. The molecule has 0 aliphatic carbocycles. The monoisotopic (exact) mass is 293 g/mol. The minimum atomic E-state index is -0.0966. The molecule has 0 atom stereocenters. The molecule has 2 heterocycles. The lowest BCUT2D eigenvalue weighted by Gasteiger charge is -2.08. The van der Waals surface area contributed by atoms with Gasteiger partial charge in [0.1, 0.15) is 0 Å². The zero-order valence-corrected chi connectivity index (χ0v) is 10.9. The van der Waals surface area contributed by atoms with Crippen LogP contribution in [0.25, 0.3) is 0 Å². The molecule has 2 rings (SSSR count). The molecule has 0 unspecified atom stereocenters. The smallest absolute Gasteiger partial charge is 0.265 e. The standard InChI is InChI=1S/C12H12BrN3O/c1-8-2-9(5-15-4-8)6-16-7-10(14)3-11(13)12(16)17/h2-5,7H,6,14H2,1H3. The fourth-order valence-electron chi connectivity index (χ4n) is 1.64. The largest absolute Gasteiger partial charge is 0.398 e. The second kappa shape index (κ2) is 4.71. The second-order valence-corrected chi connectivity index (χ2v) is 4.78. The first kappa shape index (κ1) is 11.9. The number of anilines is 1. The highest BCUT2D eigenvalue weighted by atomic mass is 79.9. The van der Waals surface area contributed by atoms with Gasteiger partial charge in [-0.2, -0.15) is 0 Å². The number of hydrogen-bond donors (Lipinski definition) is 1. The van der Waals surface area contributed by atoms with Crippen molar-refractivity contribution in [2.45, 2.75) is 13.5 Å². The van der Waals surface area contributed by atoms with Gasteiger partial charge in [-0.25, -0.2) is 0 Å². The van der Waals surface area contributed by atoms with E-state index in [1.165, 1.54) is 0 Å². The number of aromatic nitrogens is 2. The van der Waals surface area contributed by atoms with Gasteiger partial charge in [-0.05, 0) is 40.0 Å². The summed E-state index contributed by atoms with van der Waals surface area (Å²) in [6.45, 7) is 2.44. The highest BCUT2D eigenvalue weighted by Crippen LogP contribution is 2.10. The van der Waals surface area contributed by atoms with Crippen LogP contribution in [0, 0.1) is 6.92 Å². The lowest BCUT2D eigenvalue weighted by Crippen LogP contribution is -2.21. The molecule has 0 saturated heterocycles. The maximum atomic E-state index is 11.9. The van der Waals surface area contributed by atoms with Crippen LogP contribution in [0.3, 0.4) is 0 Å². The SMILES string of the molecule is Cc1cncc(Cn2cc(N)cc(Br)c2=O)c1. The zero-order chi connectivity index (χ0) is 12.4. The number of aryl methyl sites for hydroxylation is 1. The van der Waals surface area contributed by atoms with Crippen LogP contribution in [-0.4, -0.2) is 9.55 Å². The summed E-state index contributed by atoms with van der Waals surface area (Å²) in [5.74, 6) is 0. The van der Waals surface area contributed by atoms with Crippen molar-refractivity contribution in [3.8, 4) is 0 Å². The second-order valence-electron chi connectivity index (χ2n) is 3.92. The number of nitrogen functional groups attached to an aromatic ring is 1. The number of nitrogens with zero attached hydrogens (tertiary/aromatic N) is 2. The number of pyridine rings is 2. The molecule has 0 amide bonds. The van der Waals surface area contributed by atoms with Gasteiger partial charge in [0.05, 0.1) is 11.0 Å². The maximum Gasteiger partial charge on any atom is 0.265 e. The van der Waals surface area contributed by atoms with Crippen LogP contribution in [0.4, 0.5) is 5.69 Å². The highest BCUT2D eigenvalue weighted by Gasteiger charge is 2.04.